The van der Waals surface area contributed by atoms with Gasteiger partial charge in [0.1, 0.15) is 0 Å². The molecule has 6 heteroatoms. The Balaban J connectivity index is 1.54. The topological polar surface area (TPSA) is 55.8 Å². The number of thioether (sulfide) groups is 1. The first kappa shape index (κ1) is 21.2. The second-order valence-electron chi connectivity index (χ2n) is 7.49. The van der Waals surface area contributed by atoms with E-state index in [-0.39, 0.29) is 18.6 Å². The number of ether oxygens (including phenoxy) is 2. The van der Waals surface area contributed by atoms with E-state index in [1.54, 1.807) is 17.8 Å². The molecular formula is C22H31NO4S. The fourth-order valence-electron chi connectivity index (χ4n) is 4.04. The molecule has 1 unspecified atom stereocenters. The maximum atomic E-state index is 12.6. The number of esters is 1. The second-order valence-corrected chi connectivity index (χ2v) is 8.55. The summed E-state index contributed by atoms with van der Waals surface area (Å²) >= 11 is 1.62. The molecule has 1 aliphatic carbocycles. The van der Waals surface area contributed by atoms with Gasteiger partial charge in [-0.05, 0) is 44.7 Å². The maximum absolute atomic E-state index is 12.6. The zero-order valence-corrected chi connectivity index (χ0v) is 17.5. The van der Waals surface area contributed by atoms with Crippen LogP contribution < -0.4 is 0 Å². The number of benzene rings is 1. The fourth-order valence-corrected chi connectivity index (χ4v) is 5.15. The number of amides is 1. The van der Waals surface area contributed by atoms with E-state index in [2.05, 4.69) is 0 Å². The Kier molecular flexibility index (Phi) is 8.22. The summed E-state index contributed by atoms with van der Waals surface area (Å²) in [4.78, 5) is 28.0. The molecule has 0 radical (unpaired) electrons. The molecule has 1 amide bonds. The molecule has 2 aliphatic rings. The predicted molar refractivity (Wildman–Crippen MR) is 111 cm³/mol. The number of rotatable bonds is 8. The first-order valence-electron chi connectivity index (χ1n) is 10.5. The van der Waals surface area contributed by atoms with Crippen molar-refractivity contribution in [3.63, 3.8) is 0 Å². The molecule has 1 aromatic carbocycles. The minimum absolute atomic E-state index is 0.0905. The number of hydrogen-bond donors (Lipinski definition) is 0. The van der Waals surface area contributed by atoms with Gasteiger partial charge < -0.3 is 14.4 Å². The third-order valence-electron chi connectivity index (χ3n) is 5.56. The van der Waals surface area contributed by atoms with Crippen LogP contribution in [0.25, 0.3) is 0 Å². The lowest BCUT2D eigenvalue weighted by molar-refractivity contribution is -0.137. The van der Waals surface area contributed by atoms with Gasteiger partial charge in [0.15, 0.2) is 6.61 Å². The van der Waals surface area contributed by atoms with Crippen LogP contribution in [-0.2, 0) is 14.3 Å². The van der Waals surface area contributed by atoms with Gasteiger partial charge in [-0.2, -0.15) is 0 Å². The standard InChI is InChI=1S/C22H31NO4S/c1-2-23(17-9-4-3-5-10-17)21(24)15-27-22(25)19-12-6-7-13-20(19)28-16-18-11-8-14-26-18/h6-7,12-13,17-18H,2-5,8-11,14-16H2,1H3. The minimum atomic E-state index is -0.427. The number of nitrogens with zero attached hydrogens (tertiary/aromatic N) is 1. The van der Waals surface area contributed by atoms with E-state index >= 15 is 0 Å². The quantitative estimate of drug-likeness (QED) is 0.477. The molecule has 28 heavy (non-hydrogen) atoms. The SMILES string of the molecule is CCN(C(=O)COC(=O)c1ccccc1SCC1CCCO1)C1CCCCC1. The molecular weight excluding hydrogens is 374 g/mol. The Morgan fingerprint density at radius 1 is 1.14 bits per heavy atom. The first-order valence-corrected chi connectivity index (χ1v) is 11.5. The third kappa shape index (κ3) is 5.74. The first-order chi connectivity index (χ1) is 13.7. The van der Waals surface area contributed by atoms with E-state index in [4.69, 9.17) is 9.47 Å². The Morgan fingerprint density at radius 2 is 1.93 bits per heavy atom. The van der Waals surface area contributed by atoms with E-state index in [0.717, 1.165) is 42.9 Å². The average Bonchev–Trinajstić information content (AvgIpc) is 3.26. The van der Waals surface area contributed by atoms with Crippen molar-refractivity contribution < 1.29 is 19.1 Å². The predicted octanol–water partition coefficient (Wildman–Crippen LogP) is 4.30. The summed E-state index contributed by atoms with van der Waals surface area (Å²) in [6.45, 7) is 3.29. The Labute approximate surface area is 172 Å². The van der Waals surface area contributed by atoms with Crippen LogP contribution in [0.1, 0.15) is 62.2 Å². The molecule has 0 N–H and O–H groups in total. The van der Waals surface area contributed by atoms with E-state index < -0.39 is 5.97 Å². The number of hydrogen-bond acceptors (Lipinski definition) is 5. The van der Waals surface area contributed by atoms with E-state index in [9.17, 15) is 9.59 Å². The molecule has 5 nitrogen and oxygen atoms in total. The second kappa shape index (κ2) is 10.9. The van der Waals surface area contributed by atoms with Crippen LogP contribution in [0.5, 0.6) is 0 Å². The van der Waals surface area contributed by atoms with Crippen LogP contribution in [0, 0.1) is 0 Å². The Morgan fingerprint density at radius 3 is 2.64 bits per heavy atom. The monoisotopic (exact) mass is 405 g/mol. The number of carbonyl (C=O) groups is 2. The molecule has 2 fully saturated rings. The smallest absolute Gasteiger partial charge is 0.339 e. The van der Waals surface area contributed by atoms with Gasteiger partial charge in [-0.25, -0.2) is 4.79 Å². The van der Waals surface area contributed by atoms with Crippen LogP contribution >= 0.6 is 11.8 Å². The molecule has 0 spiro atoms. The van der Waals surface area contributed by atoms with Gasteiger partial charge in [0, 0.05) is 29.8 Å². The molecule has 154 valence electrons. The van der Waals surface area contributed by atoms with Crippen LogP contribution in [0.2, 0.25) is 0 Å². The van der Waals surface area contributed by atoms with E-state index in [0.29, 0.717) is 18.2 Å². The molecule has 1 saturated carbocycles. The highest BCUT2D eigenvalue weighted by molar-refractivity contribution is 7.99. The number of likely N-dealkylation sites (N-methyl/N-ethyl adjacent to an activating group) is 1. The van der Waals surface area contributed by atoms with Crippen LogP contribution in [-0.4, -0.2) is 54.4 Å². The van der Waals surface area contributed by atoms with Gasteiger partial charge in [-0.15, -0.1) is 11.8 Å². The molecule has 0 aromatic heterocycles. The van der Waals surface area contributed by atoms with Crippen molar-refractivity contribution in [3.05, 3.63) is 29.8 Å². The molecule has 1 atom stereocenters. The van der Waals surface area contributed by atoms with Crippen molar-refractivity contribution in [3.8, 4) is 0 Å². The van der Waals surface area contributed by atoms with Gasteiger partial charge in [-0.1, -0.05) is 31.4 Å². The molecule has 3 rings (SSSR count). The Hall–Kier alpha value is -1.53. The normalized spacial score (nSPS) is 20.1. The molecule has 0 bridgehead atoms. The summed E-state index contributed by atoms with van der Waals surface area (Å²) in [5.41, 5.74) is 0.527. The molecule has 1 saturated heterocycles. The summed E-state index contributed by atoms with van der Waals surface area (Å²) in [6.07, 6.45) is 8.12. The van der Waals surface area contributed by atoms with Crippen molar-refractivity contribution in [2.75, 3.05) is 25.5 Å². The lowest BCUT2D eigenvalue weighted by atomic mass is 9.94. The third-order valence-corrected chi connectivity index (χ3v) is 6.76. The lowest BCUT2D eigenvalue weighted by Crippen LogP contribution is -2.43. The highest BCUT2D eigenvalue weighted by Crippen LogP contribution is 2.27. The van der Waals surface area contributed by atoms with Crippen LogP contribution in [0.15, 0.2) is 29.2 Å². The van der Waals surface area contributed by atoms with Crippen molar-refractivity contribution in [2.24, 2.45) is 0 Å². The zero-order valence-electron chi connectivity index (χ0n) is 16.7. The summed E-state index contributed by atoms with van der Waals surface area (Å²) in [7, 11) is 0. The highest BCUT2D eigenvalue weighted by Gasteiger charge is 2.25. The van der Waals surface area contributed by atoms with Crippen molar-refractivity contribution in [2.45, 2.75) is 68.9 Å². The maximum Gasteiger partial charge on any atom is 0.339 e. The van der Waals surface area contributed by atoms with E-state index in [1.165, 1.54) is 19.3 Å². The Bertz CT molecular complexity index is 654. The molecule has 1 heterocycles. The van der Waals surface area contributed by atoms with Gasteiger partial charge in [0.05, 0.1) is 11.7 Å². The summed E-state index contributed by atoms with van der Waals surface area (Å²) in [5.74, 6) is 0.310. The van der Waals surface area contributed by atoms with Crippen LogP contribution in [0.4, 0.5) is 0 Å². The van der Waals surface area contributed by atoms with Gasteiger partial charge in [0.25, 0.3) is 5.91 Å². The van der Waals surface area contributed by atoms with Crippen molar-refractivity contribution in [1.82, 2.24) is 4.90 Å². The number of carbonyl (C=O) groups excluding carboxylic acids is 2. The summed E-state index contributed by atoms with van der Waals surface area (Å²) in [5, 5.41) is 0. The molecule has 1 aliphatic heterocycles. The van der Waals surface area contributed by atoms with E-state index in [1.807, 2.05) is 30.0 Å². The highest BCUT2D eigenvalue weighted by atomic mass is 32.2. The summed E-state index contributed by atoms with van der Waals surface area (Å²) < 4.78 is 11.1. The van der Waals surface area contributed by atoms with Crippen molar-refractivity contribution >= 4 is 23.6 Å². The van der Waals surface area contributed by atoms with Crippen LogP contribution in [0.3, 0.4) is 0 Å². The minimum Gasteiger partial charge on any atom is -0.452 e. The fraction of sp³-hybridized carbons (Fsp3) is 0.636. The lowest BCUT2D eigenvalue weighted by Gasteiger charge is -2.33. The largest absolute Gasteiger partial charge is 0.452 e. The van der Waals surface area contributed by atoms with Gasteiger partial charge in [-0.3, -0.25) is 4.79 Å². The average molecular weight is 406 g/mol. The zero-order chi connectivity index (χ0) is 19.8. The summed E-state index contributed by atoms with van der Waals surface area (Å²) in [6, 6.07) is 7.73. The van der Waals surface area contributed by atoms with Gasteiger partial charge in [0.2, 0.25) is 0 Å². The van der Waals surface area contributed by atoms with Gasteiger partial charge >= 0.3 is 5.97 Å². The molecule has 1 aromatic rings. The van der Waals surface area contributed by atoms with Crippen molar-refractivity contribution in [1.29, 1.82) is 0 Å².